The first-order valence-electron chi connectivity index (χ1n) is 7.25. The van der Waals surface area contributed by atoms with Gasteiger partial charge in [0.05, 0.1) is 16.0 Å². The molecular weight excluding hydrogens is 374 g/mol. The van der Waals surface area contributed by atoms with Crippen molar-refractivity contribution in [3.8, 4) is 0 Å². The molecule has 0 N–H and O–H groups in total. The van der Waals surface area contributed by atoms with E-state index in [1.54, 1.807) is 4.90 Å². The second kappa shape index (κ2) is 6.73. The van der Waals surface area contributed by atoms with Crippen molar-refractivity contribution in [1.82, 2.24) is 0 Å². The lowest BCUT2D eigenvalue weighted by molar-refractivity contribution is -0.115. The fourth-order valence-electron chi connectivity index (χ4n) is 2.76. The Kier molecular flexibility index (Phi) is 4.69. The van der Waals surface area contributed by atoms with E-state index >= 15 is 0 Å². The van der Waals surface area contributed by atoms with E-state index < -0.39 is 0 Å². The summed E-state index contributed by atoms with van der Waals surface area (Å²) in [6, 6.07) is 19.5. The minimum absolute atomic E-state index is 0.0629. The number of benzene rings is 3. The van der Waals surface area contributed by atoms with E-state index in [1.165, 1.54) is 0 Å². The number of rotatable bonds is 3. The molecule has 2 nitrogen and oxygen atoms in total. The number of hydrogen-bond donors (Lipinski definition) is 0. The van der Waals surface area contributed by atoms with Crippen LogP contribution in [0.3, 0.4) is 0 Å². The molecule has 0 radical (unpaired) electrons. The number of hydrogen-bond acceptors (Lipinski definition) is 1. The Morgan fingerprint density at radius 1 is 1.04 bits per heavy atom. The second-order valence-electron chi connectivity index (χ2n) is 5.27. The molecule has 3 rings (SSSR count). The summed E-state index contributed by atoms with van der Waals surface area (Å²) in [5.41, 5.74) is 2.62. The van der Waals surface area contributed by atoms with Crippen LogP contribution in [0.4, 0.5) is 11.4 Å². The smallest absolute Gasteiger partial charge is 0.242 e. The van der Waals surface area contributed by atoms with Gasteiger partial charge in [0.15, 0.2) is 0 Å². The van der Waals surface area contributed by atoms with Gasteiger partial charge in [0.25, 0.3) is 0 Å². The zero-order valence-corrected chi connectivity index (χ0v) is 14.9. The average molecular weight is 389 g/mol. The van der Waals surface area contributed by atoms with Crippen LogP contribution in [-0.4, -0.2) is 11.2 Å². The van der Waals surface area contributed by atoms with Crippen LogP contribution < -0.4 is 4.90 Å². The normalized spacial score (nSPS) is 10.7. The summed E-state index contributed by atoms with van der Waals surface area (Å²) in [5.74, 6) is -0.0629. The number of halogens is 2. The molecular formula is C19H15BrClNO. The quantitative estimate of drug-likeness (QED) is 0.514. The van der Waals surface area contributed by atoms with Crippen molar-refractivity contribution in [2.24, 2.45) is 0 Å². The predicted molar refractivity (Wildman–Crippen MR) is 101 cm³/mol. The molecule has 4 heteroatoms. The Hall–Kier alpha value is -1.84. The fraction of sp³-hybridized carbons (Fsp3) is 0.105. The number of alkyl halides is 1. The van der Waals surface area contributed by atoms with Gasteiger partial charge in [0.2, 0.25) is 5.91 Å². The zero-order valence-electron chi connectivity index (χ0n) is 12.6. The summed E-state index contributed by atoms with van der Waals surface area (Å²) >= 11 is 9.82. The summed E-state index contributed by atoms with van der Waals surface area (Å²) in [7, 11) is 0. The lowest BCUT2D eigenvalue weighted by Crippen LogP contribution is -2.27. The maximum Gasteiger partial charge on any atom is 0.242 e. The van der Waals surface area contributed by atoms with Gasteiger partial charge in [-0.2, -0.15) is 0 Å². The Morgan fingerprint density at radius 3 is 2.30 bits per heavy atom. The van der Waals surface area contributed by atoms with Crippen molar-refractivity contribution < 1.29 is 4.79 Å². The Bertz CT molecular complexity index is 864. The molecule has 0 aliphatic rings. The van der Waals surface area contributed by atoms with Crippen molar-refractivity contribution in [3.05, 3.63) is 71.2 Å². The van der Waals surface area contributed by atoms with Gasteiger partial charge >= 0.3 is 0 Å². The van der Waals surface area contributed by atoms with E-state index in [-0.39, 0.29) is 11.2 Å². The molecule has 0 spiro atoms. The highest BCUT2D eigenvalue weighted by molar-refractivity contribution is 9.09. The van der Waals surface area contributed by atoms with Crippen molar-refractivity contribution in [1.29, 1.82) is 0 Å². The topological polar surface area (TPSA) is 20.3 Å². The first-order valence-corrected chi connectivity index (χ1v) is 8.75. The molecule has 0 saturated heterocycles. The van der Waals surface area contributed by atoms with E-state index in [0.717, 1.165) is 27.7 Å². The molecule has 3 aromatic rings. The Morgan fingerprint density at radius 2 is 1.65 bits per heavy atom. The molecule has 0 saturated carbocycles. The molecule has 0 fully saturated rings. The first-order chi connectivity index (χ1) is 11.1. The first kappa shape index (κ1) is 16.0. The lowest BCUT2D eigenvalue weighted by atomic mass is 10.0. The van der Waals surface area contributed by atoms with Crippen LogP contribution in [0, 0.1) is 6.92 Å². The third kappa shape index (κ3) is 2.99. The van der Waals surface area contributed by atoms with Gasteiger partial charge in [-0.25, -0.2) is 0 Å². The summed E-state index contributed by atoms with van der Waals surface area (Å²) in [6.45, 7) is 2.02. The van der Waals surface area contributed by atoms with Gasteiger partial charge in [-0.15, -0.1) is 0 Å². The van der Waals surface area contributed by atoms with Crippen molar-refractivity contribution in [2.45, 2.75) is 6.92 Å². The second-order valence-corrected chi connectivity index (χ2v) is 6.24. The molecule has 0 aliphatic carbocycles. The number of nitrogens with zero attached hydrogens (tertiary/aromatic N) is 1. The van der Waals surface area contributed by atoms with Crippen molar-refractivity contribution in [2.75, 3.05) is 10.2 Å². The van der Waals surface area contributed by atoms with Crippen molar-refractivity contribution in [3.63, 3.8) is 0 Å². The highest BCUT2D eigenvalue weighted by Gasteiger charge is 2.22. The van der Waals surface area contributed by atoms with E-state index in [9.17, 15) is 4.79 Å². The maximum atomic E-state index is 12.6. The van der Waals surface area contributed by atoms with E-state index in [4.69, 9.17) is 11.6 Å². The maximum absolute atomic E-state index is 12.6. The van der Waals surface area contributed by atoms with Crippen LogP contribution in [0.5, 0.6) is 0 Å². The minimum atomic E-state index is -0.0629. The summed E-state index contributed by atoms with van der Waals surface area (Å²) in [5, 5.41) is 2.85. The third-order valence-corrected chi connectivity index (χ3v) is 4.55. The molecule has 0 atom stereocenters. The fourth-order valence-corrected chi connectivity index (χ4v) is 3.36. The molecule has 23 heavy (non-hydrogen) atoms. The third-order valence-electron chi connectivity index (χ3n) is 3.78. The highest BCUT2D eigenvalue weighted by atomic mass is 79.9. The number of aryl methyl sites for hydroxylation is 1. The van der Waals surface area contributed by atoms with Crippen LogP contribution >= 0.6 is 27.5 Å². The Labute approximate surface area is 148 Å². The van der Waals surface area contributed by atoms with Crippen LogP contribution in [0.2, 0.25) is 5.02 Å². The van der Waals surface area contributed by atoms with Gasteiger partial charge in [0, 0.05) is 11.1 Å². The van der Waals surface area contributed by atoms with Gasteiger partial charge in [0.1, 0.15) is 0 Å². The van der Waals surface area contributed by atoms with Gasteiger partial charge in [-0.1, -0.05) is 70.0 Å². The summed E-state index contributed by atoms with van der Waals surface area (Å²) in [4.78, 5) is 14.3. The molecule has 1 amide bonds. The predicted octanol–water partition coefficient (Wildman–Crippen LogP) is 5.86. The van der Waals surface area contributed by atoms with Gasteiger partial charge < -0.3 is 0 Å². The van der Waals surface area contributed by atoms with E-state index in [2.05, 4.69) is 15.9 Å². The van der Waals surface area contributed by atoms with Gasteiger partial charge in [-0.05, 0) is 36.1 Å². The van der Waals surface area contributed by atoms with Gasteiger partial charge in [-0.3, -0.25) is 9.69 Å². The lowest BCUT2D eigenvalue weighted by Gasteiger charge is -2.25. The minimum Gasteiger partial charge on any atom is -0.278 e. The number of fused-ring (bicyclic) bond motifs is 1. The number of para-hydroxylation sites is 1. The van der Waals surface area contributed by atoms with E-state index in [1.807, 2.05) is 67.6 Å². The molecule has 0 heterocycles. The standard InChI is InChI=1S/C19H15BrClNO/c1-13-11-17(21)19(16-10-6-5-9-15(13)16)22(18(23)12-20)14-7-3-2-4-8-14/h2-11H,12H2,1H3. The van der Waals surface area contributed by atoms with Crippen LogP contribution in [0.25, 0.3) is 10.8 Å². The number of carbonyl (C=O) groups is 1. The van der Waals surface area contributed by atoms with Crippen LogP contribution in [0.1, 0.15) is 5.56 Å². The number of carbonyl (C=O) groups excluding carboxylic acids is 1. The number of amides is 1. The molecule has 0 unspecified atom stereocenters. The molecule has 0 aliphatic heterocycles. The van der Waals surface area contributed by atoms with Crippen molar-refractivity contribution >= 4 is 55.6 Å². The molecule has 0 aromatic heterocycles. The monoisotopic (exact) mass is 387 g/mol. The SMILES string of the molecule is Cc1cc(Cl)c(N(C(=O)CBr)c2ccccc2)c2ccccc12. The number of anilines is 2. The molecule has 0 bridgehead atoms. The summed E-state index contributed by atoms with van der Waals surface area (Å²) < 4.78 is 0. The largest absolute Gasteiger partial charge is 0.278 e. The van der Waals surface area contributed by atoms with Crippen LogP contribution in [0.15, 0.2) is 60.7 Å². The Balaban J connectivity index is 2.33. The van der Waals surface area contributed by atoms with Crippen LogP contribution in [-0.2, 0) is 4.79 Å². The molecule has 3 aromatic carbocycles. The molecule has 116 valence electrons. The average Bonchev–Trinajstić information content (AvgIpc) is 2.58. The zero-order chi connectivity index (χ0) is 16.4. The summed E-state index contributed by atoms with van der Waals surface area (Å²) in [6.07, 6.45) is 0. The highest BCUT2D eigenvalue weighted by Crippen LogP contribution is 2.40. The van der Waals surface area contributed by atoms with E-state index in [0.29, 0.717) is 5.02 Å².